The van der Waals surface area contributed by atoms with Gasteiger partial charge in [0, 0.05) is 0 Å². The SMILES string of the molecule is O=C1C[C@]2(O)CCC[C@@H](I)[C@@H]2O1. The van der Waals surface area contributed by atoms with Crippen LogP contribution in [-0.4, -0.2) is 26.7 Å². The van der Waals surface area contributed by atoms with Gasteiger partial charge in [-0.1, -0.05) is 22.6 Å². The van der Waals surface area contributed by atoms with Crippen molar-refractivity contribution in [2.45, 2.75) is 41.3 Å². The highest BCUT2D eigenvalue weighted by atomic mass is 127. The summed E-state index contributed by atoms with van der Waals surface area (Å²) in [5.74, 6) is -0.244. The van der Waals surface area contributed by atoms with Crippen molar-refractivity contribution in [3.8, 4) is 0 Å². The predicted octanol–water partition coefficient (Wildman–Crippen LogP) is 1.02. The zero-order valence-corrected chi connectivity index (χ0v) is 8.78. The largest absolute Gasteiger partial charge is 0.458 e. The molecule has 0 aromatic carbocycles. The number of ether oxygens (including phenoxy) is 1. The van der Waals surface area contributed by atoms with Crippen LogP contribution in [0.5, 0.6) is 0 Å². The first kappa shape index (κ1) is 8.74. The molecule has 3 atom stereocenters. The lowest BCUT2D eigenvalue weighted by Crippen LogP contribution is -2.46. The number of esters is 1. The van der Waals surface area contributed by atoms with Crippen molar-refractivity contribution >= 4 is 28.6 Å². The normalized spacial score (nSPS) is 47.0. The van der Waals surface area contributed by atoms with Crippen molar-refractivity contribution in [1.82, 2.24) is 0 Å². The van der Waals surface area contributed by atoms with Crippen molar-refractivity contribution in [3.63, 3.8) is 0 Å². The summed E-state index contributed by atoms with van der Waals surface area (Å²) in [4.78, 5) is 11.0. The Morgan fingerprint density at radius 2 is 2.42 bits per heavy atom. The molecule has 0 spiro atoms. The Morgan fingerprint density at radius 3 is 3.08 bits per heavy atom. The minimum absolute atomic E-state index is 0.192. The summed E-state index contributed by atoms with van der Waals surface area (Å²) in [5, 5.41) is 10.0. The van der Waals surface area contributed by atoms with Crippen LogP contribution in [0.3, 0.4) is 0 Å². The van der Waals surface area contributed by atoms with E-state index >= 15 is 0 Å². The standard InChI is InChI=1S/C8H11IO3/c9-5-2-1-3-8(11)4-6(10)12-7(5)8/h5,7,11H,1-4H2/t5-,7+,8-/m1/s1. The summed E-state index contributed by atoms with van der Waals surface area (Å²) in [7, 11) is 0. The number of rotatable bonds is 0. The fourth-order valence-corrected chi connectivity index (χ4v) is 3.30. The zero-order chi connectivity index (χ0) is 8.77. The maximum atomic E-state index is 11.0. The lowest BCUT2D eigenvalue weighted by molar-refractivity contribution is -0.142. The topological polar surface area (TPSA) is 46.5 Å². The van der Waals surface area contributed by atoms with Gasteiger partial charge >= 0.3 is 5.97 Å². The van der Waals surface area contributed by atoms with E-state index in [1.165, 1.54) is 0 Å². The van der Waals surface area contributed by atoms with E-state index in [4.69, 9.17) is 4.74 Å². The number of alkyl halides is 1. The van der Waals surface area contributed by atoms with Crippen LogP contribution >= 0.6 is 22.6 Å². The summed E-state index contributed by atoms with van der Waals surface area (Å²) in [6, 6.07) is 0. The summed E-state index contributed by atoms with van der Waals surface area (Å²) < 4.78 is 5.37. The van der Waals surface area contributed by atoms with Crippen LogP contribution in [0.25, 0.3) is 0 Å². The Hall–Kier alpha value is 0.160. The molecule has 2 rings (SSSR count). The number of carbonyl (C=O) groups is 1. The third-order valence-corrected chi connectivity index (χ3v) is 3.93. The van der Waals surface area contributed by atoms with Gasteiger partial charge in [0.2, 0.25) is 0 Å². The van der Waals surface area contributed by atoms with E-state index in [0.29, 0.717) is 6.42 Å². The molecule has 0 amide bonds. The Morgan fingerprint density at radius 1 is 1.67 bits per heavy atom. The first-order valence-corrected chi connectivity index (χ1v) is 5.42. The molecule has 0 unspecified atom stereocenters. The predicted molar refractivity (Wildman–Crippen MR) is 51.1 cm³/mol. The van der Waals surface area contributed by atoms with Gasteiger partial charge in [-0.3, -0.25) is 4.79 Å². The third kappa shape index (κ3) is 1.25. The molecule has 2 aliphatic rings. The minimum atomic E-state index is -0.846. The molecule has 0 aromatic heterocycles. The van der Waals surface area contributed by atoms with E-state index in [-0.39, 0.29) is 22.4 Å². The summed E-state index contributed by atoms with van der Waals surface area (Å²) in [6.45, 7) is 0. The number of hydrogen-bond acceptors (Lipinski definition) is 3. The third-order valence-electron chi connectivity index (χ3n) is 2.66. The summed E-state index contributed by atoms with van der Waals surface area (Å²) >= 11 is 2.26. The maximum Gasteiger partial charge on any atom is 0.309 e. The highest BCUT2D eigenvalue weighted by molar-refractivity contribution is 14.1. The lowest BCUT2D eigenvalue weighted by Gasteiger charge is -2.34. The second kappa shape index (κ2) is 2.83. The van der Waals surface area contributed by atoms with E-state index in [2.05, 4.69) is 22.6 Å². The van der Waals surface area contributed by atoms with Crippen molar-refractivity contribution in [2.75, 3.05) is 0 Å². The molecule has 1 heterocycles. The highest BCUT2D eigenvalue weighted by Gasteiger charge is 2.52. The van der Waals surface area contributed by atoms with E-state index in [1.54, 1.807) is 0 Å². The molecule has 1 aliphatic carbocycles. The van der Waals surface area contributed by atoms with Gasteiger partial charge in [-0.15, -0.1) is 0 Å². The Bertz CT molecular complexity index is 218. The van der Waals surface area contributed by atoms with E-state index in [0.717, 1.165) is 12.8 Å². The smallest absolute Gasteiger partial charge is 0.309 e. The second-order valence-electron chi connectivity index (χ2n) is 3.60. The zero-order valence-electron chi connectivity index (χ0n) is 6.62. The van der Waals surface area contributed by atoms with Crippen molar-refractivity contribution < 1.29 is 14.6 Å². The first-order valence-electron chi connectivity index (χ1n) is 4.18. The van der Waals surface area contributed by atoms with Crippen LogP contribution in [0.1, 0.15) is 25.7 Å². The number of hydrogen-bond donors (Lipinski definition) is 1. The average Bonchev–Trinajstić information content (AvgIpc) is 2.26. The van der Waals surface area contributed by atoms with Crippen LogP contribution in [-0.2, 0) is 9.53 Å². The molecule has 2 fully saturated rings. The molecule has 3 nitrogen and oxygen atoms in total. The molecule has 12 heavy (non-hydrogen) atoms. The molecule has 1 N–H and O–H groups in total. The van der Waals surface area contributed by atoms with Gasteiger partial charge in [0.1, 0.15) is 11.7 Å². The quantitative estimate of drug-likeness (QED) is 0.410. The molecule has 68 valence electrons. The van der Waals surface area contributed by atoms with Crippen LogP contribution in [0, 0.1) is 0 Å². The lowest BCUT2D eigenvalue weighted by atomic mass is 9.82. The Labute approximate surface area is 84.6 Å². The van der Waals surface area contributed by atoms with Gasteiger partial charge in [-0.05, 0) is 19.3 Å². The summed E-state index contributed by atoms with van der Waals surface area (Å²) in [5.41, 5.74) is -0.846. The second-order valence-corrected chi connectivity index (χ2v) is 5.20. The van der Waals surface area contributed by atoms with Crippen LogP contribution in [0.15, 0.2) is 0 Å². The van der Waals surface area contributed by atoms with Gasteiger partial charge in [0.05, 0.1) is 10.3 Å². The van der Waals surface area contributed by atoms with Crippen molar-refractivity contribution in [3.05, 3.63) is 0 Å². The molecule has 0 radical (unpaired) electrons. The number of carbonyl (C=O) groups excluding carboxylic acids is 1. The molecular weight excluding hydrogens is 271 g/mol. The first-order chi connectivity index (χ1) is 5.62. The van der Waals surface area contributed by atoms with Crippen molar-refractivity contribution in [2.24, 2.45) is 0 Å². The molecule has 0 aromatic rings. The van der Waals surface area contributed by atoms with E-state index < -0.39 is 5.60 Å². The van der Waals surface area contributed by atoms with Gasteiger partial charge in [-0.2, -0.15) is 0 Å². The molecule has 1 aliphatic heterocycles. The van der Waals surface area contributed by atoms with Crippen molar-refractivity contribution in [1.29, 1.82) is 0 Å². The molecule has 1 saturated carbocycles. The number of fused-ring (bicyclic) bond motifs is 1. The van der Waals surface area contributed by atoms with E-state index in [9.17, 15) is 9.90 Å². The van der Waals surface area contributed by atoms with Gasteiger partial charge in [0.25, 0.3) is 0 Å². The van der Waals surface area contributed by atoms with Gasteiger partial charge in [0.15, 0.2) is 0 Å². The Balaban J connectivity index is 2.22. The average molecular weight is 282 g/mol. The highest BCUT2D eigenvalue weighted by Crippen LogP contribution is 2.41. The van der Waals surface area contributed by atoms with Crippen LogP contribution in [0.2, 0.25) is 0 Å². The molecule has 4 heteroatoms. The van der Waals surface area contributed by atoms with Crippen LogP contribution in [0.4, 0.5) is 0 Å². The summed E-state index contributed by atoms with van der Waals surface area (Å²) in [6.07, 6.45) is 2.69. The molecule has 0 bridgehead atoms. The van der Waals surface area contributed by atoms with E-state index in [1.807, 2.05) is 0 Å². The van der Waals surface area contributed by atoms with Gasteiger partial charge in [-0.25, -0.2) is 0 Å². The number of halogens is 1. The molecular formula is C8H11IO3. The Kier molecular flexibility index (Phi) is 2.07. The maximum absolute atomic E-state index is 11.0. The number of aliphatic hydroxyl groups is 1. The van der Waals surface area contributed by atoms with Crippen LogP contribution < -0.4 is 0 Å². The minimum Gasteiger partial charge on any atom is -0.458 e. The monoisotopic (exact) mass is 282 g/mol. The van der Waals surface area contributed by atoms with Gasteiger partial charge < -0.3 is 9.84 Å². The molecule has 1 saturated heterocycles. The fourth-order valence-electron chi connectivity index (χ4n) is 2.04. The fraction of sp³-hybridized carbons (Fsp3) is 0.875.